The molecule has 0 radical (unpaired) electrons. The highest BCUT2D eigenvalue weighted by atomic mass is 79.9. The number of fused-ring (bicyclic) bond motifs is 1. The smallest absolute Gasteiger partial charge is 0.243 e. The van der Waals surface area contributed by atoms with Crippen molar-refractivity contribution in [1.82, 2.24) is 18.9 Å². The third-order valence-corrected chi connectivity index (χ3v) is 9.27. The second kappa shape index (κ2) is 10.5. The molecule has 0 saturated carbocycles. The highest BCUT2D eigenvalue weighted by molar-refractivity contribution is 9.10. The standard InChI is InChI=1S/C24H21BrCl3N5O2S/c25-20-13-30-33-23(11-22(31-24(20)33)19-5-1-2-6-21(19)28)29-12-15-4-3-7-32(14-15)36(34,35)18-9-16(26)8-17(27)10-18/h1-2,5-6,8-11,13,15,29H,3-4,7,12,14H2. The van der Waals surface area contributed by atoms with Gasteiger partial charge in [-0.3, -0.25) is 0 Å². The summed E-state index contributed by atoms with van der Waals surface area (Å²) in [6.45, 7) is 1.39. The molecule has 2 aromatic carbocycles. The number of rotatable bonds is 6. The normalized spacial score (nSPS) is 16.9. The summed E-state index contributed by atoms with van der Waals surface area (Å²) in [5.74, 6) is 0.830. The van der Waals surface area contributed by atoms with Crippen molar-refractivity contribution in [3.8, 4) is 11.3 Å². The van der Waals surface area contributed by atoms with Gasteiger partial charge in [-0.05, 0) is 59.0 Å². The van der Waals surface area contributed by atoms with Crippen LogP contribution in [-0.4, -0.2) is 47.0 Å². The van der Waals surface area contributed by atoms with E-state index < -0.39 is 10.0 Å². The van der Waals surface area contributed by atoms with E-state index in [2.05, 4.69) is 26.3 Å². The Kier molecular flexibility index (Phi) is 7.49. The number of halogens is 4. The van der Waals surface area contributed by atoms with Gasteiger partial charge in [-0.1, -0.05) is 53.0 Å². The van der Waals surface area contributed by atoms with Crippen LogP contribution in [0.4, 0.5) is 5.82 Å². The average Bonchev–Trinajstić information content (AvgIpc) is 3.23. The predicted octanol–water partition coefficient (Wildman–Crippen LogP) is 6.63. The summed E-state index contributed by atoms with van der Waals surface area (Å²) < 4.78 is 30.5. The van der Waals surface area contributed by atoms with E-state index in [1.165, 1.54) is 22.5 Å². The third kappa shape index (κ3) is 5.23. The number of aromatic nitrogens is 3. The first-order valence-corrected chi connectivity index (χ1v) is 14.6. The van der Waals surface area contributed by atoms with Crippen LogP contribution in [0.25, 0.3) is 16.9 Å². The van der Waals surface area contributed by atoms with Gasteiger partial charge < -0.3 is 5.32 Å². The maximum atomic E-state index is 13.3. The van der Waals surface area contributed by atoms with E-state index >= 15 is 0 Å². The van der Waals surface area contributed by atoms with Gasteiger partial charge in [0.1, 0.15) is 5.82 Å². The van der Waals surface area contributed by atoms with Crippen molar-refractivity contribution in [2.45, 2.75) is 17.7 Å². The summed E-state index contributed by atoms with van der Waals surface area (Å²) in [6, 6.07) is 13.8. The maximum absolute atomic E-state index is 13.3. The molecule has 0 amide bonds. The lowest BCUT2D eigenvalue weighted by atomic mass is 10.00. The molecule has 1 aliphatic rings. The van der Waals surface area contributed by atoms with Crippen LogP contribution in [-0.2, 0) is 10.0 Å². The molecule has 4 aromatic rings. The van der Waals surface area contributed by atoms with Gasteiger partial charge in [0.05, 0.1) is 21.3 Å². The number of hydrogen-bond donors (Lipinski definition) is 1. The fraction of sp³-hybridized carbons (Fsp3) is 0.250. The predicted molar refractivity (Wildman–Crippen MR) is 148 cm³/mol. The van der Waals surface area contributed by atoms with Crippen molar-refractivity contribution in [3.05, 3.63) is 74.3 Å². The molecular weight excluding hydrogens is 609 g/mol. The Morgan fingerprint density at radius 3 is 2.58 bits per heavy atom. The molecule has 3 heterocycles. The number of benzene rings is 2. The Morgan fingerprint density at radius 1 is 1.08 bits per heavy atom. The third-order valence-electron chi connectivity index (χ3n) is 6.11. The first kappa shape index (κ1) is 25.8. The minimum Gasteiger partial charge on any atom is -0.370 e. The van der Waals surface area contributed by atoms with Crippen LogP contribution in [0.15, 0.2) is 64.1 Å². The molecular formula is C24H21BrCl3N5O2S. The second-order valence-electron chi connectivity index (χ2n) is 8.59. The number of sulfonamides is 1. The zero-order valence-electron chi connectivity index (χ0n) is 18.8. The van der Waals surface area contributed by atoms with E-state index in [0.717, 1.165) is 28.7 Å². The summed E-state index contributed by atoms with van der Waals surface area (Å²) >= 11 is 22.1. The van der Waals surface area contributed by atoms with Gasteiger partial charge in [-0.2, -0.15) is 13.9 Å². The Balaban J connectivity index is 1.38. The maximum Gasteiger partial charge on any atom is 0.243 e. The van der Waals surface area contributed by atoms with Crippen LogP contribution in [0.3, 0.4) is 0 Å². The second-order valence-corrected chi connectivity index (χ2v) is 12.7. The Bertz CT molecular complexity index is 1530. The highest BCUT2D eigenvalue weighted by Crippen LogP contribution is 2.31. The van der Waals surface area contributed by atoms with Crippen LogP contribution in [0.1, 0.15) is 12.8 Å². The van der Waals surface area contributed by atoms with E-state index in [0.29, 0.717) is 36.0 Å². The van der Waals surface area contributed by atoms with E-state index in [-0.39, 0.29) is 20.9 Å². The van der Waals surface area contributed by atoms with E-state index in [4.69, 9.17) is 39.8 Å². The van der Waals surface area contributed by atoms with Crippen LogP contribution >= 0.6 is 50.7 Å². The molecule has 0 aliphatic carbocycles. The lowest BCUT2D eigenvalue weighted by Gasteiger charge is -2.32. The average molecular weight is 630 g/mol. The van der Waals surface area contributed by atoms with Crippen molar-refractivity contribution < 1.29 is 8.42 Å². The van der Waals surface area contributed by atoms with Crippen molar-refractivity contribution in [1.29, 1.82) is 0 Å². The number of nitrogens with one attached hydrogen (secondary N) is 1. The van der Waals surface area contributed by atoms with Crippen LogP contribution in [0.5, 0.6) is 0 Å². The topological polar surface area (TPSA) is 79.6 Å². The summed E-state index contributed by atoms with van der Waals surface area (Å²) in [7, 11) is -3.71. The van der Waals surface area contributed by atoms with Crippen molar-refractivity contribution >= 4 is 72.2 Å². The van der Waals surface area contributed by atoms with E-state index in [9.17, 15) is 8.42 Å². The molecule has 1 N–H and O–H groups in total. The van der Waals surface area contributed by atoms with Crippen molar-refractivity contribution in [2.24, 2.45) is 5.92 Å². The van der Waals surface area contributed by atoms with Gasteiger partial charge in [-0.15, -0.1) is 0 Å². The number of piperidine rings is 1. The SMILES string of the molecule is O=S(=O)(c1cc(Cl)cc(Cl)c1)N1CCCC(CNc2cc(-c3ccccc3Cl)nc3c(Br)cnn23)C1. The molecule has 36 heavy (non-hydrogen) atoms. The molecule has 1 unspecified atom stereocenters. The molecule has 12 heteroatoms. The van der Waals surface area contributed by atoms with E-state index in [1.807, 2.05) is 30.3 Å². The lowest BCUT2D eigenvalue weighted by molar-refractivity contribution is 0.275. The molecule has 7 nitrogen and oxygen atoms in total. The molecule has 0 spiro atoms. The quantitative estimate of drug-likeness (QED) is 0.259. The Morgan fingerprint density at radius 2 is 1.83 bits per heavy atom. The molecule has 1 atom stereocenters. The fourth-order valence-corrected chi connectivity index (χ4v) is 7.22. The number of anilines is 1. The summed E-state index contributed by atoms with van der Waals surface area (Å²) in [6.07, 6.45) is 3.34. The Hall–Kier alpha value is -1.88. The van der Waals surface area contributed by atoms with Crippen LogP contribution in [0.2, 0.25) is 15.1 Å². The molecule has 1 aliphatic heterocycles. The minimum atomic E-state index is -3.71. The summed E-state index contributed by atoms with van der Waals surface area (Å²) in [5.41, 5.74) is 2.18. The highest BCUT2D eigenvalue weighted by Gasteiger charge is 2.31. The molecule has 0 bridgehead atoms. The van der Waals surface area contributed by atoms with Crippen LogP contribution in [0, 0.1) is 5.92 Å². The summed E-state index contributed by atoms with van der Waals surface area (Å²) in [5, 5.41) is 9.07. The van der Waals surface area contributed by atoms with Gasteiger partial charge >= 0.3 is 0 Å². The Labute approximate surface area is 232 Å². The summed E-state index contributed by atoms with van der Waals surface area (Å²) in [4.78, 5) is 4.84. The van der Waals surface area contributed by atoms with Gasteiger partial charge in [0.2, 0.25) is 10.0 Å². The lowest BCUT2D eigenvalue weighted by Crippen LogP contribution is -2.41. The molecule has 5 rings (SSSR count). The van der Waals surface area contributed by atoms with Gasteiger partial charge in [0, 0.05) is 46.3 Å². The van der Waals surface area contributed by atoms with Crippen molar-refractivity contribution in [3.63, 3.8) is 0 Å². The van der Waals surface area contributed by atoms with Gasteiger partial charge in [0.15, 0.2) is 5.65 Å². The largest absolute Gasteiger partial charge is 0.370 e. The van der Waals surface area contributed by atoms with Gasteiger partial charge in [-0.25, -0.2) is 13.4 Å². The minimum absolute atomic E-state index is 0.0918. The van der Waals surface area contributed by atoms with Crippen LogP contribution < -0.4 is 5.32 Å². The number of hydrogen-bond acceptors (Lipinski definition) is 5. The van der Waals surface area contributed by atoms with E-state index in [1.54, 1.807) is 10.7 Å². The number of nitrogens with zero attached hydrogens (tertiary/aromatic N) is 4. The molecule has 1 saturated heterocycles. The zero-order valence-corrected chi connectivity index (χ0v) is 23.5. The first-order valence-electron chi connectivity index (χ1n) is 11.2. The molecule has 1 fully saturated rings. The zero-order chi connectivity index (χ0) is 25.4. The first-order chi connectivity index (χ1) is 17.2. The molecule has 2 aromatic heterocycles. The van der Waals surface area contributed by atoms with Crippen molar-refractivity contribution in [2.75, 3.05) is 25.0 Å². The monoisotopic (exact) mass is 627 g/mol. The fourth-order valence-electron chi connectivity index (χ4n) is 4.36. The molecule has 188 valence electrons. The van der Waals surface area contributed by atoms with Gasteiger partial charge in [0.25, 0.3) is 0 Å².